The van der Waals surface area contributed by atoms with Crippen molar-refractivity contribution in [3.63, 3.8) is 0 Å². The van der Waals surface area contributed by atoms with Gasteiger partial charge in [-0.3, -0.25) is 0 Å². The van der Waals surface area contributed by atoms with Crippen molar-refractivity contribution >= 4 is 17.0 Å². The number of aryl methyl sites for hydroxylation is 1. The standard InChI is InChI=1S/C12H8F4N2O2/c1-2-8-7(13)4-5-3-6(11(19)20)9(12(14,15)16)18-10(5)17-8/h3-4H,2H2,1H3,(H,19,20)/p-1. The van der Waals surface area contributed by atoms with E-state index in [4.69, 9.17) is 0 Å². The first-order chi connectivity index (χ1) is 9.24. The summed E-state index contributed by atoms with van der Waals surface area (Å²) in [6, 6.07) is 1.57. The molecule has 0 spiro atoms. The Bertz CT molecular complexity index is 698. The number of aromatic nitrogens is 2. The fourth-order valence-corrected chi connectivity index (χ4v) is 1.74. The van der Waals surface area contributed by atoms with E-state index in [1.54, 1.807) is 6.92 Å². The summed E-state index contributed by atoms with van der Waals surface area (Å²) < 4.78 is 51.7. The van der Waals surface area contributed by atoms with E-state index in [2.05, 4.69) is 9.97 Å². The monoisotopic (exact) mass is 287 g/mol. The van der Waals surface area contributed by atoms with Crippen LogP contribution in [-0.4, -0.2) is 15.9 Å². The van der Waals surface area contributed by atoms with Crippen LogP contribution in [-0.2, 0) is 12.6 Å². The molecule has 0 aliphatic rings. The Hall–Kier alpha value is -2.25. The van der Waals surface area contributed by atoms with Crippen LogP contribution in [0.2, 0.25) is 0 Å². The molecule has 0 aromatic carbocycles. The number of rotatable bonds is 2. The number of halogens is 4. The molecular formula is C12H7F4N2O2-. The van der Waals surface area contributed by atoms with Gasteiger partial charge in [0.25, 0.3) is 0 Å². The van der Waals surface area contributed by atoms with Crippen LogP contribution in [0.4, 0.5) is 17.6 Å². The number of carbonyl (C=O) groups excluding carboxylic acids is 1. The van der Waals surface area contributed by atoms with Crippen molar-refractivity contribution in [2.45, 2.75) is 19.5 Å². The molecule has 8 heteroatoms. The number of hydrogen-bond acceptors (Lipinski definition) is 4. The summed E-state index contributed by atoms with van der Waals surface area (Å²) >= 11 is 0. The molecule has 2 aromatic rings. The third-order valence-electron chi connectivity index (χ3n) is 2.65. The minimum atomic E-state index is -4.97. The highest BCUT2D eigenvalue weighted by Gasteiger charge is 2.36. The highest BCUT2D eigenvalue weighted by Crippen LogP contribution is 2.32. The van der Waals surface area contributed by atoms with Crippen LogP contribution >= 0.6 is 0 Å². The lowest BCUT2D eigenvalue weighted by Gasteiger charge is -2.13. The van der Waals surface area contributed by atoms with Crippen LogP contribution < -0.4 is 5.11 Å². The van der Waals surface area contributed by atoms with E-state index in [9.17, 15) is 27.5 Å². The molecule has 0 aliphatic heterocycles. The summed E-state index contributed by atoms with van der Waals surface area (Å²) in [6.07, 6.45) is -4.79. The van der Waals surface area contributed by atoms with Crippen molar-refractivity contribution in [2.24, 2.45) is 0 Å². The molecule has 0 N–H and O–H groups in total. The van der Waals surface area contributed by atoms with Gasteiger partial charge in [0, 0.05) is 10.9 Å². The van der Waals surface area contributed by atoms with E-state index in [-0.39, 0.29) is 23.1 Å². The summed E-state index contributed by atoms with van der Waals surface area (Å²) in [6.45, 7) is 1.58. The fourth-order valence-electron chi connectivity index (χ4n) is 1.74. The molecule has 2 heterocycles. The Balaban J connectivity index is 2.82. The average Bonchev–Trinajstić information content (AvgIpc) is 2.35. The van der Waals surface area contributed by atoms with Crippen LogP contribution in [0.5, 0.6) is 0 Å². The number of alkyl halides is 3. The van der Waals surface area contributed by atoms with Gasteiger partial charge in [-0.15, -0.1) is 0 Å². The number of hydrogen-bond donors (Lipinski definition) is 0. The van der Waals surface area contributed by atoms with Crippen molar-refractivity contribution < 1.29 is 27.5 Å². The number of carbonyl (C=O) groups is 1. The quantitative estimate of drug-likeness (QED) is 0.789. The van der Waals surface area contributed by atoms with E-state index in [0.717, 1.165) is 6.07 Å². The second-order valence-corrected chi connectivity index (χ2v) is 3.99. The Labute approximate surface area is 110 Å². The van der Waals surface area contributed by atoms with E-state index in [0.29, 0.717) is 6.07 Å². The molecule has 2 rings (SSSR count). The third kappa shape index (κ3) is 2.40. The number of fused-ring (bicyclic) bond motifs is 1. The van der Waals surface area contributed by atoms with E-state index >= 15 is 0 Å². The summed E-state index contributed by atoms with van der Waals surface area (Å²) in [4.78, 5) is 17.6. The van der Waals surface area contributed by atoms with Crippen molar-refractivity contribution in [3.8, 4) is 0 Å². The first-order valence-corrected chi connectivity index (χ1v) is 5.52. The maximum atomic E-state index is 13.5. The molecule has 0 radical (unpaired) electrons. The highest BCUT2D eigenvalue weighted by atomic mass is 19.4. The Morgan fingerprint density at radius 2 is 1.95 bits per heavy atom. The average molecular weight is 287 g/mol. The van der Waals surface area contributed by atoms with Crippen LogP contribution in [0.3, 0.4) is 0 Å². The molecule has 0 saturated carbocycles. The van der Waals surface area contributed by atoms with Gasteiger partial charge < -0.3 is 9.90 Å². The smallest absolute Gasteiger partial charge is 0.434 e. The predicted molar refractivity (Wildman–Crippen MR) is 58.2 cm³/mol. The molecule has 0 atom stereocenters. The normalized spacial score (nSPS) is 11.8. The van der Waals surface area contributed by atoms with Crippen molar-refractivity contribution in [3.05, 3.63) is 34.9 Å². The molecule has 0 fully saturated rings. The van der Waals surface area contributed by atoms with Crippen molar-refractivity contribution in [1.29, 1.82) is 0 Å². The largest absolute Gasteiger partial charge is 0.545 e. The number of carboxylic acid groups (broad SMARTS) is 1. The van der Waals surface area contributed by atoms with Gasteiger partial charge in [-0.25, -0.2) is 14.4 Å². The summed E-state index contributed by atoms with van der Waals surface area (Å²) in [5.41, 5.74) is -3.15. The van der Waals surface area contributed by atoms with Gasteiger partial charge in [-0.1, -0.05) is 6.92 Å². The molecule has 20 heavy (non-hydrogen) atoms. The lowest BCUT2D eigenvalue weighted by Crippen LogP contribution is -2.27. The highest BCUT2D eigenvalue weighted by molar-refractivity contribution is 5.92. The minimum Gasteiger partial charge on any atom is -0.545 e. The molecule has 0 aliphatic carbocycles. The zero-order chi connectivity index (χ0) is 15.1. The van der Waals surface area contributed by atoms with Gasteiger partial charge in [0.05, 0.1) is 11.7 Å². The molecule has 0 saturated heterocycles. The number of nitrogens with zero attached hydrogens (tertiary/aromatic N) is 2. The third-order valence-corrected chi connectivity index (χ3v) is 2.65. The van der Waals surface area contributed by atoms with Gasteiger partial charge >= 0.3 is 6.18 Å². The molecule has 4 nitrogen and oxygen atoms in total. The maximum Gasteiger partial charge on any atom is 0.434 e. The van der Waals surface area contributed by atoms with Crippen LogP contribution in [0, 0.1) is 5.82 Å². The van der Waals surface area contributed by atoms with Crippen molar-refractivity contribution in [2.75, 3.05) is 0 Å². The first kappa shape index (κ1) is 14.2. The topological polar surface area (TPSA) is 65.9 Å². The zero-order valence-corrected chi connectivity index (χ0v) is 10.1. The molecular weight excluding hydrogens is 280 g/mol. The zero-order valence-electron chi connectivity index (χ0n) is 10.1. The SMILES string of the molecule is CCc1nc2nc(C(F)(F)F)c(C(=O)[O-])cc2cc1F. The lowest BCUT2D eigenvalue weighted by molar-refractivity contribution is -0.255. The van der Waals surface area contributed by atoms with Gasteiger partial charge in [0.15, 0.2) is 11.3 Å². The van der Waals surface area contributed by atoms with Crippen LogP contribution in [0.25, 0.3) is 11.0 Å². The molecule has 106 valence electrons. The summed E-state index contributed by atoms with van der Waals surface area (Å²) in [7, 11) is 0. The predicted octanol–water partition coefficient (Wildman–Crippen LogP) is 1.71. The Morgan fingerprint density at radius 1 is 1.30 bits per heavy atom. The first-order valence-electron chi connectivity index (χ1n) is 5.52. The second-order valence-electron chi connectivity index (χ2n) is 3.99. The summed E-state index contributed by atoms with van der Waals surface area (Å²) in [5.74, 6) is -2.77. The number of carboxylic acids is 1. The number of aromatic carboxylic acids is 1. The lowest BCUT2D eigenvalue weighted by atomic mass is 10.1. The molecule has 0 amide bonds. The van der Waals surface area contributed by atoms with E-state index in [1.807, 2.05) is 0 Å². The van der Waals surface area contributed by atoms with Gasteiger partial charge in [0.2, 0.25) is 0 Å². The molecule has 2 aromatic heterocycles. The Morgan fingerprint density at radius 3 is 2.45 bits per heavy atom. The van der Waals surface area contributed by atoms with Gasteiger partial charge in [-0.2, -0.15) is 13.2 Å². The molecule has 0 bridgehead atoms. The number of pyridine rings is 2. The maximum absolute atomic E-state index is 13.5. The summed E-state index contributed by atoms with van der Waals surface area (Å²) in [5, 5.41) is 10.6. The van der Waals surface area contributed by atoms with Crippen molar-refractivity contribution in [1.82, 2.24) is 9.97 Å². The minimum absolute atomic E-state index is 0.0423. The van der Waals surface area contributed by atoms with E-state index < -0.39 is 29.2 Å². The van der Waals surface area contributed by atoms with E-state index in [1.165, 1.54) is 0 Å². The Kier molecular flexibility index (Phi) is 3.33. The van der Waals surface area contributed by atoms with Gasteiger partial charge in [0.1, 0.15) is 5.82 Å². The van der Waals surface area contributed by atoms with Crippen LogP contribution in [0.1, 0.15) is 28.7 Å². The fraction of sp³-hybridized carbons (Fsp3) is 0.250. The molecule has 0 unspecified atom stereocenters. The van der Waals surface area contributed by atoms with Gasteiger partial charge in [-0.05, 0) is 18.6 Å². The van der Waals surface area contributed by atoms with Crippen LogP contribution in [0.15, 0.2) is 12.1 Å². The second kappa shape index (κ2) is 4.69.